The Morgan fingerprint density at radius 3 is 2.79 bits per heavy atom. The summed E-state index contributed by atoms with van der Waals surface area (Å²) in [5.74, 6) is 0.498. The number of carbonyl (C=O) groups excluding carboxylic acids is 1. The van der Waals surface area contributed by atoms with Crippen molar-refractivity contribution in [2.75, 3.05) is 12.5 Å². The number of nitrogens with zero attached hydrogens (tertiary/aromatic N) is 2. The summed E-state index contributed by atoms with van der Waals surface area (Å²) in [7, 11) is 0. The second-order valence-electron chi connectivity index (χ2n) is 7.40. The van der Waals surface area contributed by atoms with Crippen LogP contribution < -0.4 is 20.3 Å². The summed E-state index contributed by atoms with van der Waals surface area (Å²) >= 11 is 7.05. The van der Waals surface area contributed by atoms with Crippen LogP contribution in [0.4, 0.5) is 4.39 Å². The van der Waals surface area contributed by atoms with Crippen LogP contribution in [0.5, 0.6) is 11.5 Å². The van der Waals surface area contributed by atoms with E-state index in [4.69, 9.17) is 21.1 Å². The number of thioether (sulfide) groups is 1. The molecule has 1 N–H and O–H groups in total. The zero-order valence-electron chi connectivity index (χ0n) is 17.6. The molecule has 0 aliphatic carbocycles. The molecular weight excluding hydrogens is 481 g/mol. The van der Waals surface area contributed by atoms with Crippen molar-refractivity contribution in [3.63, 3.8) is 0 Å². The molecule has 1 aliphatic heterocycles. The van der Waals surface area contributed by atoms with Crippen LogP contribution in [0.3, 0.4) is 0 Å². The minimum Gasteiger partial charge on any atom is -0.454 e. The maximum Gasteiger partial charge on any atom is 0.266 e. The van der Waals surface area contributed by atoms with Crippen molar-refractivity contribution in [3.05, 3.63) is 87.4 Å². The van der Waals surface area contributed by atoms with Gasteiger partial charge >= 0.3 is 0 Å². The third kappa shape index (κ3) is 4.44. The number of carbonyl (C=O) groups is 1. The first-order valence-electron chi connectivity index (χ1n) is 10.2. The Kier molecular flexibility index (Phi) is 6.12. The van der Waals surface area contributed by atoms with Gasteiger partial charge in [-0.2, -0.15) is 0 Å². The highest BCUT2D eigenvalue weighted by atomic mass is 35.5. The predicted octanol–water partition coefficient (Wildman–Crippen LogP) is 4.32. The largest absolute Gasteiger partial charge is 0.454 e. The molecule has 5 rings (SSSR count). The normalized spacial score (nSPS) is 12.2. The Bertz CT molecular complexity index is 1480. The minimum absolute atomic E-state index is 0.0181. The number of ether oxygens (including phenoxy) is 2. The zero-order chi connectivity index (χ0) is 23.7. The first-order valence-corrected chi connectivity index (χ1v) is 11.6. The summed E-state index contributed by atoms with van der Waals surface area (Å²) in [5.41, 5.74) is 1.39. The molecule has 0 fully saturated rings. The van der Waals surface area contributed by atoms with Gasteiger partial charge in [-0.25, -0.2) is 9.37 Å². The summed E-state index contributed by atoms with van der Waals surface area (Å²) in [6, 6.07) is 16.4. The Balaban J connectivity index is 1.37. The van der Waals surface area contributed by atoms with Gasteiger partial charge in [0.2, 0.25) is 12.7 Å². The molecule has 172 valence electrons. The van der Waals surface area contributed by atoms with Crippen LogP contribution in [0, 0.1) is 5.82 Å². The molecule has 10 heteroatoms. The van der Waals surface area contributed by atoms with Gasteiger partial charge in [0.05, 0.1) is 27.4 Å². The van der Waals surface area contributed by atoms with Crippen molar-refractivity contribution in [2.45, 2.75) is 11.7 Å². The van der Waals surface area contributed by atoms with Crippen LogP contribution in [0.15, 0.2) is 70.6 Å². The lowest BCUT2D eigenvalue weighted by Crippen LogP contribution is -2.26. The standard InChI is InChI=1S/C24H17ClFN3O4S/c25-17-10-15(6-7-18(17)26)29-23(31)16-3-1-2-4-19(16)28-24(29)34-12-22(30)27-11-14-5-8-20-21(9-14)33-13-32-20/h1-10H,11-13H2,(H,27,30). The second kappa shape index (κ2) is 9.36. The summed E-state index contributed by atoms with van der Waals surface area (Å²) in [6.07, 6.45) is 0. The Labute approximate surface area is 202 Å². The lowest BCUT2D eigenvalue weighted by atomic mass is 10.2. The summed E-state index contributed by atoms with van der Waals surface area (Å²) in [5, 5.41) is 3.43. The van der Waals surface area contributed by atoms with E-state index in [1.54, 1.807) is 30.3 Å². The first-order chi connectivity index (χ1) is 16.5. The van der Waals surface area contributed by atoms with E-state index in [0.717, 1.165) is 17.3 Å². The van der Waals surface area contributed by atoms with E-state index in [-0.39, 0.29) is 29.0 Å². The third-order valence-corrected chi connectivity index (χ3v) is 6.39. The van der Waals surface area contributed by atoms with Crippen LogP contribution in [-0.2, 0) is 11.3 Å². The number of rotatable bonds is 6. The van der Waals surface area contributed by atoms with E-state index in [1.165, 1.54) is 22.8 Å². The van der Waals surface area contributed by atoms with Crippen molar-refractivity contribution in [2.24, 2.45) is 0 Å². The highest BCUT2D eigenvalue weighted by molar-refractivity contribution is 7.99. The van der Waals surface area contributed by atoms with E-state index in [1.807, 2.05) is 12.1 Å². The fourth-order valence-electron chi connectivity index (χ4n) is 3.49. The fraction of sp³-hybridized carbons (Fsp3) is 0.125. The first kappa shape index (κ1) is 22.2. The molecule has 2 heterocycles. The Hall–Kier alpha value is -3.56. The van der Waals surface area contributed by atoms with Gasteiger partial charge in [-0.15, -0.1) is 0 Å². The number of nitrogens with one attached hydrogen (secondary N) is 1. The molecule has 1 aromatic heterocycles. The molecule has 0 spiro atoms. The summed E-state index contributed by atoms with van der Waals surface area (Å²) in [6.45, 7) is 0.489. The molecule has 4 aromatic rings. The van der Waals surface area contributed by atoms with Gasteiger partial charge in [-0.3, -0.25) is 14.2 Å². The fourth-order valence-corrected chi connectivity index (χ4v) is 4.51. The monoisotopic (exact) mass is 497 g/mol. The number of para-hydroxylation sites is 1. The third-order valence-electron chi connectivity index (χ3n) is 5.17. The average molecular weight is 498 g/mol. The maximum atomic E-state index is 13.7. The van der Waals surface area contributed by atoms with E-state index in [9.17, 15) is 14.0 Å². The van der Waals surface area contributed by atoms with Gasteiger partial charge in [0.1, 0.15) is 5.82 Å². The van der Waals surface area contributed by atoms with Gasteiger partial charge in [0, 0.05) is 6.54 Å². The molecule has 0 unspecified atom stereocenters. The minimum atomic E-state index is -0.593. The van der Waals surface area contributed by atoms with E-state index >= 15 is 0 Å². The number of hydrogen-bond donors (Lipinski definition) is 1. The molecule has 3 aromatic carbocycles. The van der Waals surface area contributed by atoms with E-state index < -0.39 is 5.82 Å². The average Bonchev–Trinajstić information content (AvgIpc) is 3.31. The molecule has 34 heavy (non-hydrogen) atoms. The summed E-state index contributed by atoms with van der Waals surface area (Å²) in [4.78, 5) is 30.4. The molecule has 1 amide bonds. The number of benzene rings is 3. The highest BCUT2D eigenvalue weighted by Gasteiger charge is 2.17. The predicted molar refractivity (Wildman–Crippen MR) is 127 cm³/mol. The van der Waals surface area contributed by atoms with Gasteiger partial charge in [-0.05, 0) is 48.0 Å². The van der Waals surface area contributed by atoms with Gasteiger partial charge in [0.15, 0.2) is 16.7 Å². The molecular formula is C24H17ClFN3O4S. The van der Waals surface area contributed by atoms with Gasteiger partial charge in [0.25, 0.3) is 5.56 Å². The lowest BCUT2D eigenvalue weighted by molar-refractivity contribution is -0.118. The highest BCUT2D eigenvalue weighted by Crippen LogP contribution is 2.32. The number of fused-ring (bicyclic) bond motifs is 2. The Morgan fingerprint density at radius 2 is 1.94 bits per heavy atom. The SMILES string of the molecule is O=C(CSc1nc2ccccc2c(=O)n1-c1ccc(F)c(Cl)c1)NCc1ccc2c(c1)OCO2. The number of hydrogen-bond acceptors (Lipinski definition) is 6. The van der Waals surface area contributed by atoms with Crippen LogP contribution in [0.25, 0.3) is 16.6 Å². The van der Waals surface area contributed by atoms with Crippen LogP contribution in [0.2, 0.25) is 5.02 Å². The summed E-state index contributed by atoms with van der Waals surface area (Å²) < 4.78 is 25.7. The molecule has 1 aliphatic rings. The van der Waals surface area contributed by atoms with Gasteiger partial charge < -0.3 is 14.8 Å². The molecule has 0 atom stereocenters. The lowest BCUT2D eigenvalue weighted by Gasteiger charge is -2.14. The Morgan fingerprint density at radius 1 is 1.12 bits per heavy atom. The van der Waals surface area contributed by atoms with Crippen LogP contribution in [-0.4, -0.2) is 28.0 Å². The van der Waals surface area contributed by atoms with Crippen molar-refractivity contribution in [3.8, 4) is 17.2 Å². The van der Waals surface area contributed by atoms with Crippen molar-refractivity contribution in [1.29, 1.82) is 0 Å². The van der Waals surface area contributed by atoms with E-state index in [0.29, 0.717) is 39.8 Å². The van der Waals surface area contributed by atoms with Crippen molar-refractivity contribution >= 4 is 40.2 Å². The smallest absolute Gasteiger partial charge is 0.266 e. The van der Waals surface area contributed by atoms with Crippen molar-refractivity contribution in [1.82, 2.24) is 14.9 Å². The van der Waals surface area contributed by atoms with Crippen LogP contribution in [0.1, 0.15) is 5.56 Å². The zero-order valence-corrected chi connectivity index (χ0v) is 19.2. The quantitative estimate of drug-likeness (QED) is 0.316. The number of halogens is 2. The molecule has 0 radical (unpaired) electrons. The maximum absolute atomic E-state index is 13.7. The van der Waals surface area contributed by atoms with Crippen molar-refractivity contribution < 1.29 is 18.7 Å². The number of amides is 1. The van der Waals surface area contributed by atoms with Gasteiger partial charge in [-0.1, -0.05) is 41.6 Å². The molecule has 0 saturated carbocycles. The van der Waals surface area contributed by atoms with E-state index in [2.05, 4.69) is 10.3 Å². The number of aromatic nitrogens is 2. The van der Waals surface area contributed by atoms with Crippen LogP contribution >= 0.6 is 23.4 Å². The molecule has 0 saturated heterocycles. The topological polar surface area (TPSA) is 82.5 Å². The molecule has 7 nitrogen and oxygen atoms in total. The molecule has 0 bridgehead atoms. The second-order valence-corrected chi connectivity index (χ2v) is 8.75.